The molecule has 0 aliphatic carbocycles. The molecule has 0 bridgehead atoms. The number of carbonyl (C=O) groups is 1. The fourth-order valence-electron chi connectivity index (χ4n) is 0.350. The molecular weight excluding hydrogens is 182 g/mol. The number of rotatable bonds is 3. The molecule has 0 radical (unpaired) electrons. The second kappa shape index (κ2) is 2.82. The average molecular weight is 188 g/mol. The Kier molecular flexibility index (Phi) is 2.68. The first-order valence-corrected chi connectivity index (χ1v) is 4.05. The lowest BCUT2D eigenvalue weighted by molar-refractivity contribution is -0.133. The summed E-state index contributed by atoms with van der Waals surface area (Å²) >= 11 is 0. The summed E-state index contributed by atoms with van der Waals surface area (Å²) in [6.45, 7) is 1.07. The van der Waals surface area contributed by atoms with Crippen molar-refractivity contribution in [2.45, 2.75) is 18.6 Å². The smallest absolute Gasteiger partial charge is 0.292 e. The normalized spacial score (nSPS) is 13.1. The van der Waals surface area contributed by atoms with E-state index in [2.05, 4.69) is 0 Å². The Morgan fingerprint density at radius 2 is 1.91 bits per heavy atom. The number of ketones is 1. The molecular formula is C4H6F2O4S. The molecule has 4 nitrogen and oxygen atoms in total. The van der Waals surface area contributed by atoms with Gasteiger partial charge in [-0.3, -0.25) is 9.35 Å². The summed E-state index contributed by atoms with van der Waals surface area (Å²) in [5, 5.41) is -4.66. The van der Waals surface area contributed by atoms with Crippen molar-refractivity contribution in [2.24, 2.45) is 0 Å². The molecule has 0 rings (SSSR count). The number of Topliss-reactive ketones (excluding diaryl/α,β-unsaturated/α-hetero) is 1. The minimum atomic E-state index is -5.60. The van der Waals surface area contributed by atoms with Crippen LogP contribution in [0.1, 0.15) is 13.3 Å². The van der Waals surface area contributed by atoms with Gasteiger partial charge in [-0.15, -0.1) is 0 Å². The maximum absolute atomic E-state index is 12.1. The summed E-state index contributed by atoms with van der Waals surface area (Å²) < 4.78 is 51.8. The Balaban J connectivity index is 4.90. The maximum atomic E-state index is 12.1. The van der Waals surface area contributed by atoms with Crippen LogP contribution in [0.25, 0.3) is 0 Å². The summed E-state index contributed by atoms with van der Waals surface area (Å²) in [4.78, 5) is 10.2. The largest absolute Gasteiger partial charge is 0.426 e. The van der Waals surface area contributed by atoms with Crippen LogP contribution in [0.15, 0.2) is 0 Å². The minimum Gasteiger partial charge on any atom is -0.292 e. The van der Waals surface area contributed by atoms with E-state index in [4.69, 9.17) is 4.55 Å². The molecule has 0 saturated carbocycles. The molecule has 0 aliphatic rings. The summed E-state index contributed by atoms with van der Waals surface area (Å²) in [5.41, 5.74) is 0. The monoisotopic (exact) mass is 188 g/mol. The van der Waals surface area contributed by atoms with E-state index in [1.165, 1.54) is 0 Å². The first kappa shape index (κ1) is 10.4. The molecule has 11 heavy (non-hydrogen) atoms. The van der Waals surface area contributed by atoms with E-state index >= 15 is 0 Å². The molecule has 66 valence electrons. The predicted octanol–water partition coefficient (Wildman–Crippen LogP) is 0.446. The Morgan fingerprint density at radius 3 is 2.00 bits per heavy atom. The van der Waals surface area contributed by atoms with Crippen LogP contribution >= 0.6 is 0 Å². The third-order valence-electron chi connectivity index (χ3n) is 0.970. The molecule has 1 N–H and O–H groups in total. The van der Waals surface area contributed by atoms with Gasteiger partial charge in [0.2, 0.25) is 5.78 Å². The summed E-state index contributed by atoms with van der Waals surface area (Å²) in [6, 6.07) is 0. The highest BCUT2D eigenvalue weighted by atomic mass is 32.2. The standard InChI is InChI=1S/C4H6F2O4S/c1-2-3(7)4(5,6)11(8,9)10/h2H2,1H3,(H,8,9,10). The molecule has 0 fully saturated rings. The highest BCUT2D eigenvalue weighted by molar-refractivity contribution is 7.87. The molecule has 0 saturated heterocycles. The number of hydrogen-bond donors (Lipinski definition) is 1. The first-order valence-electron chi connectivity index (χ1n) is 2.61. The van der Waals surface area contributed by atoms with Gasteiger partial charge in [-0.1, -0.05) is 6.92 Å². The average Bonchev–Trinajstić information content (AvgIpc) is 1.83. The van der Waals surface area contributed by atoms with E-state index in [0.29, 0.717) is 0 Å². The molecule has 0 spiro atoms. The highest BCUT2D eigenvalue weighted by Crippen LogP contribution is 2.22. The molecule has 7 heteroatoms. The zero-order chi connectivity index (χ0) is 9.28. The van der Waals surface area contributed by atoms with Gasteiger partial charge in [0.25, 0.3) is 0 Å². The highest BCUT2D eigenvalue weighted by Gasteiger charge is 2.50. The van der Waals surface area contributed by atoms with Crippen molar-refractivity contribution in [3.8, 4) is 0 Å². The third-order valence-corrected chi connectivity index (χ3v) is 1.85. The fourth-order valence-corrected chi connectivity index (χ4v) is 0.782. The van der Waals surface area contributed by atoms with Crippen LogP contribution < -0.4 is 0 Å². The van der Waals surface area contributed by atoms with Crippen LogP contribution in [0.5, 0.6) is 0 Å². The van der Waals surface area contributed by atoms with Crippen LogP contribution in [0.2, 0.25) is 0 Å². The molecule has 0 unspecified atom stereocenters. The van der Waals surface area contributed by atoms with Gasteiger partial charge >= 0.3 is 15.4 Å². The molecule has 0 aromatic heterocycles. The summed E-state index contributed by atoms with van der Waals surface area (Å²) in [6.07, 6.45) is -0.646. The molecule has 0 atom stereocenters. The van der Waals surface area contributed by atoms with Gasteiger partial charge < -0.3 is 0 Å². The number of carbonyl (C=O) groups excluding carboxylic acids is 1. The topological polar surface area (TPSA) is 71.4 Å². The van der Waals surface area contributed by atoms with Gasteiger partial charge in [-0.05, 0) is 0 Å². The molecule has 0 heterocycles. The number of halogens is 2. The van der Waals surface area contributed by atoms with Gasteiger partial charge in [-0.2, -0.15) is 17.2 Å². The Labute approximate surface area is 62.0 Å². The van der Waals surface area contributed by atoms with E-state index in [9.17, 15) is 22.0 Å². The maximum Gasteiger partial charge on any atom is 0.426 e. The van der Waals surface area contributed by atoms with E-state index in [0.717, 1.165) is 6.92 Å². The van der Waals surface area contributed by atoms with Gasteiger partial charge in [0.1, 0.15) is 0 Å². The van der Waals surface area contributed by atoms with Crippen molar-refractivity contribution in [1.82, 2.24) is 0 Å². The minimum absolute atomic E-state index is 0.646. The van der Waals surface area contributed by atoms with Crippen molar-refractivity contribution in [1.29, 1.82) is 0 Å². The second-order valence-corrected chi connectivity index (χ2v) is 3.23. The van der Waals surface area contributed by atoms with Gasteiger partial charge in [0.05, 0.1) is 0 Å². The Hall–Kier alpha value is -0.560. The second-order valence-electron chi connectivity index (χ2n) is 1.77. The van der Waals surface area contributed by atoms with E-state index in [1.54, 1.807) is 0 Å². The van der Waals surface area contributed by atoms with Gasteiger partial charge in [0, 0.05) is 6.42 Å². The van der Waals surface area contributed by atoms with Crippen LogP contribution in [0, 0.1) is 0 Å². The lowest BCUT2D eigenvalue weighted by Crippen LogP contribution is -2.36. The van der Waals surface area contributed by atoms with E-state index in [1.807, 2.05) is 0 Å². The van der Waals surface area contributed by atoms with Crippen molar-refractivity contribution in [3.63, 3.8) is 0 Å². The van der Waals surface area contributed by atoms with Crippen LogP contribution in [0.4, 0.5) is 8.78 Å². The molecule has 0 aliphatic heterocycles. The summed E-state index contributed by atoms with van der Waals surface area (Å²) in [5.74, 6) is -1.82. The van der Waals surface area contributed by atoms with E-state index in [-0.39, 0.29) is 0 Å². The van der Waals surface area contributed by atoms with Crippen molar-refractivity contribution >= 4 is 15.9 Å². The van der Waals surface area contributed by atoms with Crippen molar-refractivity contribution in [3.05, 3.63) is 0 Å². The van der Waals surface area contributed by atoms with E-state index < -0.39 is 27.6 Å². The SMILES string of the molecule is CCC(=O)C(F)(F)S(=O)(=O)O. The zero-order valence-electron chi connectivity index (χ0n) is 5.54. The molecule has 0 amide bonds. The third kappa shape index (κ3) is 1.93. The zero-order valence-corrected chi connectivity index (χ0v) is 6.36. The predicted molar refractivity (Wildman–Crippen MR) is 31.8 cm³/mol. The van der Waals surface area contributed by atoms with Crippen LogP contribution in [-0.2, 0) is 14.9 Å². The summed E-state index contributed by atoms with van der Waals surface area (Å²) in [7, 11) is -5.60. The van der Waals surface area contributed by atoms with Gasteiger partial charge in [0.15, 0.2) is 0 Å². The lowest BCUT2D eigenvalue weighted by atomic mass is 10.3. The van der Waals surface area contributed by atoms with Gasteiger partial charge in [-0.25, -0.2) is 0 Å². The lowest BCUT2D eigenvalue weighted by Gasteiger charge is -2.08. The number of hydrogen-bond acceptors (Lipinski definition) is 3. The van der Waals surface area contributed by atoms with Crippen molar-refractivity contribution < 1.29 is 26.5 Å². The van der Waals surface area contributed by atoms with Crippen molar-refractivity contribution in [2.75, 3.05) is 0 Å². The Morgan fingerprint density at radius 1 is 1.55 bits per heavy atom. The first-order chi connectivity index (χ1) is 4.73. The molecule has 0 aromatic rings. The van der Waals surface area contributed by atoms with Crippen LogP contribution in [0.3, 0.4) is 0 Å². The van der Waals surface area contributed by atoms with Crippen LogP contribution in [-0.4, -0.2) is 24.0 Å². The Bertz CT molecular complexity index is 255. The number of alkyl halides is 2. The molecule has 0 aromatic carbocycles. The fraction of sp³-hybridized carbons (Fsp3) is 0.750. The quantitative estimate of drug-likeness (QED) is 0.652.